The Hall–Kier alpha value is -3.84. The molecule has 10 nitrogen and oxygen atoms in total. The van der Waals surface area contributed by atoms with Crippen LogP contribution in [-0.4, -0.2) is 66.1 Å². The van der Waals surface area contributed by atoms with Crippen LogP contribution in [-0.2, 0) is 6.18 Å². The van der Waals surface area contributed by atoms with E-state index in [1.165, 1.54) is 6.20 Å². The van der Waals surface area contributed by atoms with Gasteiger partial charge >= 0.3 is 6.18 Å². The molecule has 2 aliphatic rings. The molecular formula is C26H27ClF3N7O3. The van der Waals surface area contributed by atoms with Crippen LogP contribution in [0.25, 0.3) is 0 Å². The van der Waals surface area contributed by atoms with Gasteiger partial charge in [-0.1, -0.05) is 23.7 Å². The van der Waals surface area contributed by atoms with E-state index >= 15 is 0 Å². The van der Waals surface area contributed by atoms with Crippen LogP contribution in [0, 0.1) is 0 Å². The van der Waals surface area contributed by atoms with Gasteiger partial charge < -0.3 is 19.5 Å². The van der Waals surface area contributed by atoms with Gasteiger partial charge in [-0.2, -0.15) is 18.2 Å². The van der Waals surface area contributed by atoms with Crippen LogP contribution in [0.5, 0.6) is 0 Å². The van der Waals surface area contributed by atoms with Gasteiger partial charge in [0, 0.05) is 39.3 Å². The number of alkyl halides is 3. The summed E-state index contributed by atoms with van der Waals surface area (Å²) in [6, 6.07) is 9.82. The first-order valence-electron chi connectivity index (χ1n) is 12.8. The number of amides is 2. The number of anilines is 3. The van der Waals surface area contributed by atoms with Crippen molar-refractivity contribution in [2.75, 3.05) is 54.4 Å². The molecule has 2 aromatic heterocycles. The Bertz CT molecular complexity index is 1350. The number of hydrazine groups is 1. The molecule has 212 valence electrons. The van der Waals surface area contributed by atoms with Crippen molar-refractivity contribution in [3.8, 4) is 0 Å². The second kappa shape index (κ2) is 11.7. The van der Waals surface area contributed by atoms with Crippen molar-refractivity contribution in [3.63, 3.8) is 0 Å². The van der Waals surface area contributed by atoms with E-state index in [1.54, 1.807) is 46.3 Å². The summed E-state index contributed by atoms with van der Waals surface area (Å²) in [5.41, 5.74) is 2.10. The van der Waals surface area contributed by atoms with E-state index < -0.39 is 23.5 Å². The number of piperidine rings is 1. The molecule has 2 saturated heterocycles. The highest BCUT2D eigenvalue weighted by Crippen LogP contribution is 2.35. The maximum atomic E-state index is 13.6. The number of nitrogens with one attached hydrogen (secondary N) is 2. The van der Waals surface area contributed by atoms with Crippen molar-refractivity contribution in [1.29, 1.82) is 0 Å². The quantitative estimate of drug-likeness (QED) is 0.443. The summed E-state index contributed by atoms with van der Waals surface area (Å²) in [6.07, 6.45) is -0.865. The molecule has 3 aromatic rings. The highest BCUT2D eigenvalue weighted by molar-refractivity contribution is 6.33. The molecule has 40 heavy (non-hydrogen) atoms. The Balaban J connectivity index is 1.18. The van der Waals surface area contributed by atoms with E-state index in [9.17, 15) is 22.8 Å². The molecule has 1 aromatic carbocycles. The summed E-state index contributed by atoms with van der Waals surface area (Å²) in [4.78, 5) is 36.8. The van der Waals surface area contributed by atoms with Gasteiger partial charge in [0.2, 0.25) is 5.76 Å². The van der Waals surface area contributed by atoms with Gasteiger partial charge in [-0.05, 0) is 43.5 Å². The summed E-state index contributed by atoms with van der Waals surface area (Å²) < 4.78 is 46.2. The van der Waals surface area contributed by atoms with Gasteiger partial charge in [-0.25, -0.2) is 9.99 Å². The highest BCUT2D eigenvalue weighted by Gasteiger charge is 2.42. The first kappa shape index (κ1) is 27.7. The normalized spacial score (nSPS) is 16.6. The lowest BCUT2D eigenvalue weighted by molar-refractivity contribution is -0.141. The van der Waals surface area contributed by atoms with Gasteiger partial charge in [0.05, 0.1) is 22.5 Å². The SMILES string of the molecule is O=C(NN1CCN(c2ccc(NC(=O)c3oc(N4CCCCC4)nc3C(F)(F)F)cn2)CC1)c1ccccc1Cl. The minimum Gasteiger partial charge on any atom is -0.417 e. The molecule has 2 fully saturated rings. The zero-order chi connectivity index (χ0) is 28.3. The third kappa shape index (κ3) is 6.31. The minimum absolute atomic E-state index is 0.201. The largest absolute Gasteiger partial charge is 0.437 e. The van der Waals surface area contributed by atoms with Gasteiger partial charge in [0.25, 0.3) is 17.8 Å². The molecular weight excluding hydrogens is 551 g/mol. The zero-order valence-electron chi connectivity index (χ0n) is 21.4. The minimum atomic E-state index is -4.85. The molecule has 0 spiro atoms. The summed E-state index contributed by atoms with van der Waals surface area (Å²) in [7, 11) is 0. The predicted molar refractivity (Wildman–Crippen MR) is 142 cm³/mol. The molecule has 0 bridgehead atoms. The Labute approximate surface area is 233 Å². The molecule has 0 atom stereocenters. The number of oxazole rings is 1. The second-order valence-electron chi connectivity index (χ2n) is 9.47. The predicted octanol–water partition coefficient (Wildman–Crippen LogP) is 4.45. The third-order valence-corrected chi connectivity index (χ3v) is 7.03. The lowest BCUT2D eigenvalue weighted by atomic mass is 10.1. The third-order valence-electron chi connectivity index (χ3n) is 6.70. The van der Waals surface area contributed by atoms with Crippen molar-refractivity contribution < 1.29 is 27.2 Å². The van der Waals surface area contributed by atoms with Crippen molar-refractivity contribution in [3.05, 3.63) is 64.6 Å². The van der Waals surface area contributed by atoms with E-state index in [2.05, 4.69) is 20.7 Å². The second-order valence-corrected chi connectivity index (χ2v) is 9.88. The van der Waals surface area contributed by atoms with Crippen molar-refractivity contribution >= 4 is 40.9 Å². The topological polar surface area (TPSA) is 107 Å². The fraction of sp³-hybridized carbons (Fsp3) is 0.385. The molecule has 0 unspecified atom stereocenters. The summed E-state index contributed by atoms with van der Waals surface area (Å²) in [5, 5.41) is 4.59. The standard InChI is InChI=1S/C26H27ClF3N7O3/c27-19-7-3-2-6-18(19)23(38)34-37-14-12-35(13-15-37)20-9-8-17(16-31-20)32-24(39)21-22(26(28,29)30)33-25(40-21)36-10-4-1-5-11-36/h2-3,6-9,16H,1,4-5,10-15H2,(H,32,39)(H,34,38). The van der Waals surface area contributed by atoms with Gasteiger partial charge in [0.1, 0.15) is 5.82 Å². The van der Waals surface area contributed by atoms with Gasteiger partial charge in [-0.3, -0.25) is 15.0 Å². The van der Waals surface area contributed by atoms with Crippen LogP contribution in [0.4, 0.5) is 30.7 Å². The first-order valence-corrected chi connectivity index (χ1v) is 13.2. The number of hydrogen-bond donors (Lipinski definition) is 2. The zero-order valence-corrected chi connectivity index (χ0v) is 22.1. The molecule has 2 N–H and O–H groups in total. The van der Waals surface area contributed by atoms with Crippen LogP contribution in [0.2, 0.25) is 5.02 Å². The average molecular weight is 578 g/mol. The van der Waals surface area contributed by atoms with Crippen LogP contribution < -0.4 is 20.5 Å². The Morgan fingerprint density at radius 2 is 1.62 bits per heavy atom. The number of nitrogens with zero attached hydrogens (tertiary/aromatic N) is 5. The number of halogens is 4. The number of carbonyl (C=O) groups is 2. The maximum Gasteiger partial charge on any atom is 0.437 e. The van der Waals surface area contributed by atoms with E-state index in [4.69, 9.17) is 16.0 Å². The van der Waals surface area contributed by atoms with Crippen LogP contribution >= 0.6 is 11.6 Å². The Kier molecular flexibility index (Phi) is 8.12. The molecule has 2 amide bonds. The molecule has 2 aliphatic heterocycles. The lowest BCUT2D eigenvalue weighted by Gasteiger charge is -2.35. The molecule has 4 heterocycles. The van der Waals surface area contributed by atoms with E-state index in [-0.39, 0.29) is 17.6 Å². The van der Waals surface area contributed by atoms with Crippen molar-refractivity contribution in [1.82, 2.24) is 20.4 Å². The molecule has 5 rings (SSSR count). The monoisotopic (exact) mass is 577 g/mol. The summed E-state index contributed by atoms with van der Waals surface area (Å²) >= 11 is 6.10. The number of carbonyl (C=O) groups excluding carboxylic acids is 2. The van der Waals surface area contributed by atoms with Crippen LogP contribution in [0.3, 0.4) is 0 Å². The maximum absolute atomic E-state index is 13.6. The number of benzene rings is 1. The average Bonchev–Trinajstić information content (AvgIpc) is 3.42. The molecule has 0 aliphatic carbocycles. The number of hydrogen-bond acceptors (Lipinski definition) is 8. The van der Waals surface area contributed by atoms with Gasteiger partial charge in [0.15, 0.2) is 5.69 Å². The Morgan fingerprint density at radius 1 is 0.900 bits per heavy atom. The fourth-order valence-electron chi connectivity index (χ4n) is 4.61. The first-order chi connectivity index (χ1) is 19.2. The van der Waals surface area contributed by atoms with Crippen molar-refractivity contribution in [2.45, 2.75) is 25.4 Å². The van der Waals surface area contributed by atoms with Crippen molar-refractivity contribution in [2.24, 2.45) is 0 Å². The lowest BCUT2D eigenvalue weighted by Crippen LogP contribution is -2.53. The summed E-state index contributed by atoms with van der Waals surface area (Å²) in [6.45, 7) is 3.23. The van der Waals surface area contributed by atoms with Gasteiger partial charge in [-0.15, -0.1) is 0 Å². The van der Waals surface area contributed by atoms with Crippen LogP contribution in [0.15, 0.2) is 47.0 Å². The fourth-order valence-corrected chi connectivity index (χ4v) is 4.83. The number of pyridine rings is 1. The van der Waals surface area contributed by atoms with E-state index in [1.807, 2.05) is 4.90 Å². The van der Waals surface area contributed by atoms with E-state index in [0.29, 0.717) is 55.7 Å². The number of aromatic nitrogens is 2. The smallest absolute Gasteiger partial charge is 0.417 e. The summed E-state index contributed by atoms with van der Waals surface area (Å²) in [5.74, 6) is -1.61. The van der Waals surface area contributed by atoms with E-state index in [0.717, 1.165) is 19.3 Å². The number of piperazine rings is 1. The number of rotatable bonds is 6. The molecule has 0 radical (unpaired) electrons. The molecule has 0 saturated carbocycles. The highest BCUT2D eigenvalue weighted by atomic mass is 35.5. The van der Waals surface area contributed by atoms with Crippen LogP contribution in [0.1, 0.15) is 45.9 Å². The molecule has 14 heteroatoms. The Morgan fingerprint density at radius 3 is 2.27 bits per heavy atom.